The minimum absolute atomic E-state index is 0.160. The van der Waals surface area contributed by atoms with Crippen LogP contribution in [0, 0.1) is 3.57 Å². The molecule has 0 saturated carbocycles. The summed E-state index contributed by atoms with van der Waals surface area (Å²) < 4.78 is 10.4. The number of cyclic esters (lactones) is 4. The standard InChI is InChI=1S/C16H4BrIO6/c17-11-3-9-7(13(19)23-15(9)21)1-5(11)6-2-8-10(4-12(6)18)16(22)24-14(8)20/h1-4H. The van der Waals surface area contributed by atoms with Crippen molar-refractivity contribution in [3.63, 3.8) is 0 Å². The second-order valence-electron chi connectivity index (χ2n) is 5.11. The largest absolute Gasteiger partial charge is 0.386 e. The molecule has 0 radical (unpaired) electrons. The van der Waals surface area contributed by atoms with Crippen molar-refractivity contribution in [2.75, 3.05) is 0 Å². The Morgan fingerprint density at radius 3 is 1.58 bits per heavy atom. The molecule has 0 saturated heterocycles. The van der Waals surface area contributed by atoms with Crippen molar-refractivity contribution in [3.8, 4) is 11.1 Å². The Balaban J connectivity index is 1.95. The predicted molar refractivity (Wildman–Crippen MR) is 91.8 cm³/mol. The third kappa shape index (κ3) is 2.13. The molecule has 4 rings (SSSR count). The maximum atomic E-state index is 11.8. The number of rotatable bonds is 1. The van der Waals surface area contributed by atoms with E-state index in [1.807, 2.05) is 22.6 Å². The van der Waals surface area contributed by atoms with Crippen molar-refractivity contribution in [2.24, 2.45) is 0 Å². The van der Waals surface area contributed by atoms with Crippen LogP contribution in [0.15, 0.2) is 28.7 Å². The molecule has 2 aliphatic heterocycles. The number of carbonyl (C=O) groups is 4. The van der Waals surface area contributed by atoms with E-state index < -0.39 is 23.9 Å². The average molecular weight is 499 g/mol. The summed E-state index contributed by atoms with van der Waals surface area (Å²) in [6.45, 7) is 0. The number of halogens is 2. The van der Waals surface area contributed by atoms with Gasteiger partial charge in [0, 0.05) is 8.04 Å². The smallest absolute Gasteiger partial charge is 0.346 e. The summed E-state index contributed by atoms with van der Waals surface area (Å²) >= 11 is 5.40. The molecule has 118 valence electrons. The zero-order valence-electron chi connectivity index (χ0n) is 11.5. The van der Waals surface area contributed by atoms with Crippen LogP contribution in [0.25, 0.3) is 11.1 Å². The molecular formula is C16H4BrIO6. The topological polar surface area (TPSA) is 86.7 Å². The summed E-state index contributed by atoms with van der Waals surface area (Å²) in [5.41, 5.74) is 1.94. The van der Waals surface area contributed by atoms with E-state index in [9.17, 15) is 19.2 Å². The quantitative estimate of drug-likeness (QED) is 0.340. The Morgan fingerprint density at radius 2 is 1.04 bits per heavy atom. The van der Waals surface area contributed by atoms with Crippen LogP contribution in [-0.4, -0.2) is 23.9 Å². The number of ether oxygens (including phenoxy) is 2. The normalized spacial score (nSPS) is 15.2. The Hall–Kier alpha value is -2.07. The van der Waals surface area contributed by atoms with Gasteiger partial charge in [-0.25, -0.2) is 19.2 Å². The van der Waals surface area contributed by atoms with E-state index in [4.69, 9.17) is 0 Å². The van der Waals surface area contributed by atoms with Crippen molar-refractivity contribution in [1.82, 2.24) is 0 Å². The predicted octanol–water partition coefficient (Wildman–Crippen LogP) is 3.34. The second-order valence-corrected chi connectivity index (χ2v) is 7.13. The van der Waals surface area contributed by atoms with Gasteiger partial charge in [-0.05, 0) is 58.0 Å². The maximum absolute atomic E-state index is 11.8. The summed E-state index contributed by atoms with van der Waals surface area (Å²) in [6, 6.07) is 6.13. The minimum atomic E-state index is -0.713. The molecule has 2 aliphatic rings. The van der Waals surface area contributed by atoms with Crippen LogP contribution in [0.4, 0.5) is 0 Å². The molecule has 0 spiro atoms. The monoisotopic (exact) mass is 498 g/mol. The summed E-state index contributed by atoms with van der Waals surface area (Å²) in [5.74, 6) is -2.80. The lowest BCUT2D eigenvalue weighted by Crippen LogP contribution is -1.98. The number of hydrogen-bond donors (Lipinski definition) is 0. The zero-order valence-corrected chi connectivity index (χ0v) is 15.3. The molecule has 0 aromatic heterocycles. The van der Waals surface area contributed by atoms with Crippen LogP contribution in [0.5, 0.6) is 0 Å². The van der Waals surface area contributed by atoms with Gasteiger partial charge in [0.2, 0.25) is 0 Å². The lowest BCUT2D eigenvalue weighted by Gasteiger charge is -2.10. The SMILES string of the molecule is O=C1OC(=O)c2cc(-c3cc4c(cc3I)C(=O)OC4=O)c(Br)cc21. The highest BCUT2D eigenvalue weighted by atomic mass is 127. The number of esters is 4. The molecule has 2 aromatic rings. The number of carbonyl (C=O) groups excluding carboxylic acids is 4. The lowest BCUT2D eigenvalue weighted by atomic mass is 9.97. The van der Waals surface area contributed by atoms with Gasteiger partial charge in [0.1, 0.15) is 0 Å². The molecular weight excluding hydrogens is 495 g/mol. The minimum Gasteiger partial charge on any atom is -0.386 e. The zero-order chi connectivity index (χ0) is 17.2. The van der Waals surface area contributed by atoms with Gasteiger partial charge >= 0.3 is 23.9 Å². The van der Waals surface area contributed by atoms with Crippen molar-refractivity contribution in [1.29, 1.82) is 0 Å². The van der Waals surface area contributed by atoms with Crippen molar-refractivity contribution in [2.45, 2.75) is 0 Å². The molecule has 24 heavy (non-hydrogen) atoms. The van der Waals surface area contributed by atoms with Crippen LogP contribution in [0.2, 0.25) is 0 Å². The first-order valence-corrected chi connectivity index (χ1v) is 8.44. The van der Waals surface area contributed by atoms with Gasteiger partial charge in [0.05, 0.1) is 22.3 Å². The van der Waals surface area contributed by atoms with E-state index >= 15 is 0 Å². The average Bonchev–Trinajstić information content (AvgIpc) is 2.95. The van der Waals surface area contributed by atoms with Gasteiger partial charge in [-0.2, -0.15) is 0 Å². The van der Waals surface area contributed by atoms with Crippen molar-refractivity contribution < 1.29 is 28.7 Å². The van der Waals surface area contributed by atoms with Gasteiger partial charge in [-0.15, -0.1) is 0 Å². The molecule has 0 N–H and O–H groups in total. The fourth-order valence-corrected chi connectivity index (χ4v) is 3.94. The fraction of sp³-hybridized carbons (Fsp3) is 0. The molecule has 0 fully saturated rings. The lowest BCUT2D eigenvalue weighted by molar-refractivity contribution is 0.0425. The van der Waals surface area contributed by atoms with E-state index in [2.05, 4.69) is 25.4 Å². The van der Waals surface area contributed by atoms with Crippen LogP contribution < -0.4 is 0 Å². The molecule has 0 amide bonds. The van der Waals surface area contributed by atoms with Crippen LogP contribution >= 0.6 is 38.5 Å². The van der Waals surface area contributed by atoms with Gasteiger partial charge in [-0.3, -0.25) is 0 Å². The van der Waals surface area contributed by atoms with Gasteiger partial charge < -0.3 is 9.47 Å². The van der Waals surface area contributed by atoms with Crippen LogP contribution in [0.3, 0.4) is 0 Å². The Morgan fingerprint density at radius 1 is 0.625 bits per heavy atom. The third-order valence-corrected chi connectivity index (χ3v) is 5.30. The fourth-order valence-electron chi connectivity index (χ4n) is 2.62. The van der Waals surface area contributed by atoms with E-state index in [0.29, 0.717) is 19.2 Å². The molecule has 0 aliphatic carbocycles. The highest BCUT2D eigenvalue weighted by molar-refractivity contribution is 14.1. The van der Waals surface area contributed by atoms with Gasteiger partial charge in [0.15, 0.2) is 0 Å². The summed E-state index contributed by atoms with van der Waals surface area (Å²) in [7, 11) is 0. The molecule has 6 nitrogen and oxygen atoms in total. The van der Waals surface area contributed by atoms with E-state index in [-0.39, 0.29) is 22.3 Å². The number of fused-ring (bicyclic) bond motifs is 2. The molecule has 0 atom stereocenters. The third-order valence-electron chi connectivity index (χ3n) is 3.76. The van der Waals surface area contributed by atoms with E-state index in [0.717, 1.165) is 0 Å². The molecule has 8 heteroatoms. The van der Waals surface area contributed by atoms with E-state index in [1.165, 1.54) is 12.1 Å². The Labute approximate surface area is 156 Å². The first kappa shape index (κ1) is 15.5. The summed E-state index contributed by atoms with van der Waals surface area (Å²) in [6.07, 6.45) is 0. The van der Waals surface area contributed by atoms with Crippen LogP contribution in [-0.2, 0) is 9.47 Å². The number of benzene rings is 2. The highest BCUT2D eigenvalue weighted by Gasteiger charge is 2.33. The first-order valence-electron chi connectivity index (χ1n) is 6.57. The first-order chi connectivity index (χ1) is 11.4. The summed E-state index contributed by atoms with van der Waals surface area (Å²) in [4.78, 5) is 46.8. The van der Waals surface area contributed by atoms with Gasteiger partial charge in [-0.1, -0.05) is 15.9 Å². The molecule has 0 unspecified atom stereocenters. The van der Waals surface area contributed by atoms with Gasteiger partial charge in [0.25, 0.3) is 0 Å². The maximum Gasteiger partial charge on any atom is 0.346 e. The Bertz CT molecular complexity index is 929. The van der Waals surface area contributed by atoms with Crippen molar-refractivity contribution in [3.05, 3.63) is 54.6 Å². The Kier molecular flexibility index (Phi) is 3.36. The van der Waals surface area contributed by atoms with Crippen LogP contribution in [0.1, 0.15) is 41.4 Å². The molecule has 2 aromatic carbocycles. The molecule has 0 bridgehead atoms. The summed E-state index contributed by atoms with van der Waals surface area (Å²) in [5, 5.41) is 0. The highest BCUT2D eigenvalue weighted by Crippen LogP contribution is 2.38. The van der Waals surface area contributed by atoms with Crippen molar-refractivity contribution >= 4 is 62.4 Å². The number of hydrogen-bond acceptors (Lipinski definition) is 6. The second kappa shape index (κ2) is 5.21. The molecule has 2 heterocycles. The van der Waals surface area contributed by atoms with E-state index in [1.54, 1.807) is 12.1 Å².